The Kier molecular flexibility index (Phi) is 6.61. The number of allylic oxidation sites excluding steroid dienone is 3. The number of nitrogens with zero attached hydrogens (tertiary/aromatic N) is 1. The fourth-order valence-corrected chi connectivity index (χ4v) is 4.33. The highest BCUT2D eigenvalue weighted by atomic mass is 16.2. The minimum atomic E-state index is -0.370. The first kappa shape index (κ1) is 25.4. The third-order valence-corrected chi connectivity index (χ3v) is 6.34. The predicted octanol–water partition coefficient (Wildman–Crippen LogP) is 5.55. The number of hydrogen-bond acceptors (Lipinski definition) is 3. The van der Waals surface area contributed by atoms with E-state index in [1.807, 2.05) is 45.0 Å². The van der Waals surface area contributed by atoms with Gasteiger partial charge >= 0.3 is 0 Å². The van der Waals surface area contributed by atoms with Crippen molar-refractivity contribution < 1.29 is 14.4 Å². The van der Waals surface area contributed by atoms with Gasteiger partial charge in [0, 0.05) is 16.7 Å². The number of nitrogens with one attached hydrogen (secondary N) is 1. The molecule has 2 aromatic carbocycles. The maximum atomic E-state index is 13.2. The smallest absolute Gasteiger partial charge is 0.266 e. The van der Waals surface area contributed by atoms with Crippen molar-refractivity contribution in [1.82, 2.24) is 5.32 Å². The van der Waals surface area contributed by atoms with E-state index in [0.717, 1.165) is 12.0 Å². The van der Waals surface area contributed by atoms with E-state index in [-0.39, 0.29) is 35.1 Å². The van der Waals surface area contributed by atoms with Gasteiger partial charge in [0.2, 0.25) is 5.91 Å². The fourth-order valence-electron chi connectivity index (χ4n) is 4.33. The van der Waals surface area contributed by atoms with E-state index in [0.29, 0.717) is 22.4 Å². The van der Waals surface area contributed by atoms with Crippen LogP contribution in [0.2, 0.25) is 0 Å². The third-order valence-electron chi connectivity index (χ3n) is 6.34. The lowest BCUT2D eigenvalue weighted by atomic mass is 9.86. The van der Waals surface area contributed by atoms with Crippen LogP contribution < -0.4 is 10.2 Å². The Morgan fingerprint density at radius 3 is 1.92 bits per heavy atom. The zero-order valence-electron chi connectivity index (χ0n) is 21.9. The van der Waals surface area contributed by atoms with Crippen molar-refractivity contribution in [2.24, 2.45) is 0 Å². The summed E-state index contributed by atoms with van der Waals surface area (Å²) in [5.41, 5.74) is 5.08. The predicted molar refractivity (Wildman–Crippen MR) is 144 cm³/mol. The Labute approximate surface area is 213 Å². The molecule has 36 heavy (non-hydrogen) atoms. The zero-order chi connectivity index (χ0) is 26.3. The van der Waals surface area contributed by atoms with Crippen LogP contribution in [0, 0.1) is 0 Å². The molecule has 2 aliphatic rings. The maximum absolute atomic E-state index is 13.2. The molecular formula is C31H34N2O3. The molecule has 1 N–H and O–H groups in total. The Balaban J connectivity index is 1.50. The topological polar surface area (TPSA) is 66.5 Å². The molecule has 0 atom stereocenters. The highest BCUT2D eigenvalue weighted by Gasteiger charge is 2.40. The molecule has 1 aliphatic carbocycles. The lowest BCUT2D eigenvalue weighted by molar-refractivity contribution is -0.120. The van der Waals surface area contributed by atoms with Gasteiger partial charge in [0.25, 0.3) is 11.8 Å². The number of carbonyl (C=O) groups is 3. The van der Waals surface area contributed by atoms with Gasteiger partial charge in [-0.3, -0.25) is 14.4 Å². The molecule has 0 saturated carbocycles. The minimum Gasteiger partial charge on any atom is -0.348 e. The van der Waals surface area contributed by atoms with Crippen LogP contribution in [0.1, 0.15) is 64.7 Å². The van der Waals surface area contributed by atoms with Crippen molar-refractivity contribution in [2.45, 2.75) is 65.3 Å². The van der Waals surface area contributed by atoms with Crippen molar-refractivity contribution in [2.75, 3.05) is 4.90 Å². The van der Waals surface area contributed by atoms with Crippen LogP contribution in [-0.4, -0.2) is 23.3 Å². The molecule has 0 bridgehead atoms. The first-order valence-electron chi connectivity index (χ1n) is 12.3. The number of hydrogen-bond donors (Lipinski definition) is 1. The summed E-state index contributed by atoms with van der Waals surface area (Å²) in [7, 11) is 0. The molecule has 0 radical (unpaired) electrons. The molecular weight excluding hydrogens is 448 g/mol. The van der Waals surface area contributed by atoms with Crippen molar-refractivity contribution in [3.8, 4) is 0 Å². The number of benzene rings is 2. The van der Waals surface area contributed by atoms with Crippen molar-refractivity contribution >= 4 is 23.4 Å². The van der Waals surface area contributed by atoms with Gasteiger partial charge in [0.1, 0.15) is 0 Å². The van der Waals surface area contributed by atoms with Gasteiger partial charge in [-0.1, -0.05) is 69.3 Å². The minimum absolute atomic E-state index is 0.117. The van der Waals surface area contributed by atoms with Gasteiger partial charge in [0.15, 0.2) is 0 Å². The molecule has 0 aromatic heterocycles. The molecule has 4 rings (SSSR count). The van der Waals surface area contributed by atoms with E-state index >= 15 is 0 Å². The van der Waals surface area contributed by atoms with Crippen LogP contribution in [0.25, 0.3) is 0 Å². The van der Waals surface area contributed by atoms with E-state index in [1.54, 1.807) is 18.2 Å². The molecule has 1 heterocycles. The van der Waals surface area contributed by atoms with Gasteiger partial charge in [-0.15, -0.1) is 0 Å². The summed E-state index contributed by atoms with van der Waals surface area (Å²) in [6.45, 7) is 12.3. The third kappa shape index (κ3) is 5.40. The number of amides is 3. The Bertz CT molecular complexity index is 1300. The SMILES string of the molecule is CC(C)(C)NC(=O)C1=CC=C2C(=O)N(c3ccc(Cc4ccc(C(C)(C)C)cc4)cc3)C(=O)C2=CC1. The Morgan fingerprint density at radius 1 is 0.806 bits per heavy atom. The normalized spacial score (nSPS) is 16.2. The van der Waals surface area contributed by atoms with Gasteiger partial charge in [-0.05, 0) is 73.9 Å². The van der Waals surface area contributed by atoms with Crippen molar-refractivity contribution in [1.29, 1.82) is 0 Å². The molecule has 186 valence electrons. The molecule has 1 saturated heterocycles. The number of imide groups is 1. The second kappa shape index (κ2) is 9.38. The zero-order valence-corrected chi connectivity index (χ0v) is 21.9. The first-order valence-corrected chi connectivity index (χ1v) is 12.3. The van der Waals surface area contributed by atoms with E-state index < -0.39 is 0 Å². The van der Waals surface area contributed by atoms with Crippen LogP contribution in [-0.2, 0) is 26.2 Å². The molecule has 5 nitrogen and oxygen atoms in total. The van der Waals surface area contributed by atoms with Crippen LogP contribution in [0.5, 0.6) is 0 Å². The fraction of sp³-hybridized carbons (Fsp3) is 0.323. The average Bonchev–Trinajstić information content (AvgIpc) is 2.93. The number of carbonyl (C=O) groups excluding carboxylic acids is 3. The summed E-state index contributed by atoms with van der Waals surface area (Å²) in [6, 6.07) is 16.2. The number of rotatable bonds is 4. The molecule has 2 aromatic rings. The standard InChI is InChI=1S/C31H34N2O3/c1-30(2,3)23-13-7-20(8-14-23)19-21-9-15-24(16-10-21)33-28(35)25-17-11-22(12-18-26(25)29(33)36)27(34)32-31(4,5)6/h7-11,13-18H,12,19H2,1-6H3,(H,32,34). The molecule has 0 spiro atoms. The second-order valence-electron chi connectivity index (χ2n) is 11.5. The molecule has 5 heteroatoms. The first-order chi connectivity index (χ1) is 16.8. The summed E-state index contributed by atoms with van der Waals surface area (Å²) >= 11 is 0. The Morgan fingerprint density at radius 2 is 1.36 bits per heavy atom. The van der Waals surface area contributed by atoms with Crippen LogP contribution in [0.15, 0.2) is 83.5 Å². The molecule has 1 fully saturated rings. The van der Waals surface area contributed by atoms with Crippen LogP contribution in [0.4, 0.5) is 5.69 Å². The van der Waals surface area contributed by atoms with Crippen LogP contribution >= 0.6 is 0 Å². The lowest BCUT2D eigenvalue weighted by Crippen LogP contribution is -2.41. The molecule has 3 amide bonds. The maximum Gasteiger partial charge on any atom is 0.266 e. The largest absolute Gasteiger partial charge is 0.348 e. The van der Waals surface area contributed by atoms with Gasteiger partial charge < -0.3 is 5.32 Å². The second-order valence-corrected chi connectivity index (χ2v) is 11.5. The van der Waals surface area contributed by atoms with Crippen molar-refractivity contribution in [3.63, 3.8) is 0 Å². The van der Waals surface area contributed by atoms with Crippen molar-refractivity contribution in [3.05, 3.63) is 100 Å². The van der Waals surface area contributed by atoms with E-state index in [9.17, 15) is 14.4 Å². The molecule has 1 aliphatic heterocycles. The van der Waals surface area contributed by atoms with Gasteiger partial charge in [-0.25, -0.2) is 4.90 Å². The summed E-state index contributed by atoms with van der Waals surface area (Å²) < 4.78 is 0. The summed E-state index contributed by atoms with van der Waals surface area (Å²) in [5.74, 6) is -0.926. The highest BCUT2D eigenvalue weighted by Crippen LogP contribution is 2.33. The van der Waals surface area contributed by atoms with E-state index in [4.69, 9.17) is 0 Å². The van der Waals surface area contributed by atoms with E-state index in [1.165, 1.54) is 16.0 Å². The Hall–Kier alpha value is -3.73. The van der Waals surface area contributed by atoms with Gasteiger partial charge in [-0.2, -0.15) is 0 Å². The monoisotopic (exact) mass is 482 g/mol. The van der Waals surface area contributed by atoms with Gasteiger partial charge in [0.05, 0.1) is 11.3 Å². The van der Waals surface area contributed by atoms with E-state index in [2.05, 4.69) is 50.4 Å². The van der Waals surface area contributed by atoms with Crippen LogP contribution in [0.3, 0.4) is 0 Å². The quantitative estimate of drug-likeness (QED) is 0.582. The molecule has 0 unspecified atom stereocenters. The number of anilines is 1. The summed E-state index contributed by atoms with van der Waals surface area (Å²) in [6.07, 6.45) is 5.97. The average molecular weight is 483 g/mol. The summed E-state index contributed by atoms with van der Waals surface area (Å²) in [4.78, 5) is 40.1. The highest BCUT2D eigenvalue weighted by molar-refractivity contribution is 6.37. The lowest BCUT2D eigenvalue weighted by Gasteiger charge is -2.21. The number of fused-ring (bicyclic) bond motifs is 1. The summed E-state index contributed by atoms with van der Waals surface area (Å²) in [5, 5.41) is 2.93.